The van der Waals surface area contributed by atoms with E-state index in [9.17, 15) is 0 Å². The highest BCUT2D eigenvalue weighted by atomic mass is 14.2. The van der Waals surface area contributed by atoms with Gasteiger partial charge in [-0.1, -0.05) is 58.5 Å². The topological polar surface area (TPSA) is 0 Å². The molecule has 0 aromatic heterocycles. The first-order valence-electron chi connectivity index (χ1n) is 4.80. The number of benzene rings is 1. The van der Waals surface area contributed by atoms with E-state index in [2.05, 4.69) is 51.1 Å². The van der Waals surface area contributed by atoms with Crippen LogP contribution in [0, 0.1) is 5.92 Å². The van der Waals surface area contributed by atoms with Crippen LogP contribution in [0.2, 0.25) is 0 Å². The van der Waals surface area contributed by atoms with Crippen LogP contribution in [-0.2, 0) is 0 Å². The molecule has 0 heteroatoms. The lowest BCUT2D eigenvalue weighted by atomic mass is 9.86. The van der Waals surface area contributed by atoms with Gasteiger partial charge in [0.1, 0.15) is 0 Å². The van der Waals surface area contributed by atoms with Crippen molar-refractivity contribution in [1.29, 1.82) is 0 Å². The molecule has 0 heterocycles. The molecule has 1 unspecified atom stereocenters. The summed E-state index contributed by atoms with van der Waals surface area (Å²) in [5.74, 6) is 1.48. The first kappa shape index (κ1) is 12.2. The first-order chi connectivity index (χ1) is 5.75. The average Bonchev–Trinajstić information content (AvgIpc) is 2.07. The second kappa shape index (κ2) is 5.80. The Balaban J connectivity index is 0.00000144. The van der Waals surface area contributed by atoms with Crippen LogP contribution in [-0.4, -0.2) is 0 Å². The molecule has 0 spiro atoms. The Bertz CT molecular complexity index is 211. The third-order valence-corrected chi connectivity index (χ3v) is 2.47. The lowest BCUT2D eigenvalue weighted by Crippen LogP contribution is -2.04. The zero-order valence-corrected chi connectivity index (χ0v) is 8.25. The molecular formula is C13H22. The Kier molecular flexibility index (Phi) is 5.45. The maximum Gasteiger partial charge on any atom is -0.0141 e. The Hall–Kier alpha value is -0.780. The summed E-state index contributed by atoms with van der Waals surface area (Å²) in [5.41, 5.74) is 1.48. The molecule has 0 bridgehead atoms. The van der Waals surface area contributed by atoms with Crippen molar-refractivity contribution in [3.8, 4) is 0 Å². The van der Waals surface area contributed by atoms with Crippen molar-refractivity contribution >= 4 is 0 Å². The second-order valence-electron chi connectivity index (χ2n) is 3.67. The highest BCUT2D eigenvalue weighted by Gasteiger charge is 2.11. The van der Waals surface area contributed by atoms with Crippen LogP contribution in [0.4, 0.5) is 0 Å². The number of hydrogen-bond acceptors (Lipinski definition) is 0. The summed E-state index contributed by atoms with van der Waals surface area (Å²) in [5, 5.41) is 0. The van der Waals surface area contributed by atoms with Crippen molar-refractivity contribution in [1.82, 2.24) is 0 Å². The molecule has 1 rings (SSSR count). The molecule has 1 atom stereocenters. The Labute approximate surface area is 83.0 Å². The smallest absolute Gasteiger partial charge is 0.0141 e. The molecule has 1 aromatic rings. The van der Waals surface area contributed by atoms with Crippen LogP contribution in [0.3, 0.4) is 0 Å². The van der Waals surface area contributed by atoms with Gasteiger partial charge in [0.2, 0.25) is 0 Å². The molecular weight excluding hydrogens is 156 g/mol. The fraction of sp³-hybridized carbons (Fsp3) is 0.538. The second-order valence-corrected chi connectivity index (χ2v) is 3.67. The Morgan fingerprint density at radius 2 is 1.62 bits per heavy atom. The van der Waals surface area contributed by atoms with E-state index in [-0.39, 0.29) is 7.43 Å². The first-order valence-corrected chi connectivity index (χ1v) is 4.80. The van der Waals surface area contributed by atoms with E-state index in [0.29, 0.717) is 0 Å². The quantitative estimate of drug-likeness (QED) is 0.640. The van der Waals surface area contributed by atoms with Gasteiger partial charge in [-0.25, -0.2) is 0 Å². The van der Waals surface area contributed by atoms with Gasteiger partial charge in [0.25, 0.3) is 0 Å². The minimum absolute atomic E-state index is 0. The van der Waals surface area contributed by atoms with Gasteiger partial charge >= 0.3 is 0 Å². The molecule has 0 amide bonds. The number of hydrogen-bond donors (Lipinski definition) is 0. The summed E-state index contributed by atoms with van der Waals surface area (Å²) in [6.45, 7) is 6.85. The van der Waals surface area contributed by atoms with Gasteiger partial charge in [-0.05, 0) is 23.8 Å². The maximum atomic E-state index is 2.29. The number of rotatable bonds is 3. The summed E-state index contributed by atoms with van der Waals surface area (Å²) in [6.07, 6.45) is 1.24. The molecule has 0 saturated heterocycles. The molecule has 1 aromatic carbocycles. The third kappa shape index (κ3) is 3.22. The van der Waals surface area contributed by atoms with E-state index < -0.39 is 0 Å². The van der Waals surface area contributed by atoms with E-state index in [1.807, 2.05) is 0 Å². The van der Waals surface area contributed by atoms with Crippen molar-refractivity contribution in [3.63, 3.8) is 0 Å². The van der Waals surface area contributed by atoms with E-state index >= 15 is 0 Å². The van der Waals surface area contributed by atoms with Crippen molar-refractivity contribution in [3.05, 3.63) is 35.9 Å². The molecule has 0 nitrogen and oxygen atoms in total. The maximum absolute atomic E-state index is 2.29. The highest BCUT2D eigenvalue weighted by Crippen LogP contribution is 2.26. The fourth-order valence-corrected chi connectivity index (χ4v) is 1.79. The van der Waals surface area contributed by atoms with Crippen molar-refractivity contribution in [2.24, 2.45) is 5.92 Å². The predicted octanol–water partition coefficient (Wildman–Crippen LogP) is 4.47. The van der Waals surface area contributed by atoms with Crippen LogP contribution in [0.1, 0.15) is 46.1 Å². The predicted molar refractivity (Wildman–Crippen MR) is 61.0 cm³/mol. The van der Waals surface area contributed by atoms with Gasteiger partial charge < -0.3 is 0 Å². The van der Waals surface area contributed by atoms with Crippen LogP contribution >= 0.6 is 0 Å². The minimum Gasteiger partial charge on any atom is -0.0776 e. The van der Waals surface area contributed by atoms with Crippen LogP contribution < -0.4 is 0 Å². The lowest BCUT2D eigenvalue weighted by Gasteiger charge is -2.18. The van der Waals surface area contributed by atoms with E-state index in [4.69, 9.17) is 0 Å². The molecule has 13 heavy (non-hydrogen) atoms. The summed E-state index contributed by atoms with van der Waals surface area (Å²) < 4.78 is 0. The van der Waals surface area contributed by atoms with Crippen LogP contribution in [0.25, 0.3) is 0 Å². The third-order valence-electron chi connectivity index (χ3n) is 2.47. The van der Waals surface area contributed by atoms with Gasteiger partial charge in [-0.2, -0.15) is 0 Å². The molecule has 0 radical (unpaired) electrons. The summed E-state index contributed by atoms with van der Waals surface area (Å²) in [4.78, 5) is 0. The van der Waals surface area contributed by atoms with E-state index in [1.54, 1.807) is 0 Å². The zero-order valence-electron chi connectivity index (χ0n) is 8.25. The lowest BCUT2D eigenvalue weighted by molar-refractivity contribution is 0.485. The minimum atomic E-state index is 0. The van der Waals surface area contributed by atoms with E-state index in [0.717, 1.165) is 11.8 Å². The zero-order chi connectivity index (χ0) is 8.97. The summed E-state index contributed by atoms with van der Waals surface area (Å²) >= 11 is 0. The summed E-state index contributed by atoms with van der Waals surface area (Å²) in [6, 6.07) is 10.8. The van der Waals surface area contributed by atoms with Crippen molar-refractivity contribution in [2.45, 2.75) is 40.5 Å². The highest BCUT2D eigenvalue weighted by molar-refractivity contribution is 5.19. The fourth-order valence-electron chi connectivity index (χ4n) is 1.79. The normalized spacial score (nSPS) is 12.3. The molecule has 0 fully saturated rings. The van der Waals surface area contributed by atoms with Gasteiger partial charge in [-0.15, -0.1) is 0 Å². The van der Waals surface area contributed by atoms with Crippen LogP contribution in [0.15, 0.2) is 30.3 Å². The Morgan fingerprint density at radius 1 is 1.08 bits per heavy atom. The molecule has 0 saturated carbocycles. The standard InChI is InChI=1S/C12H18.CH4/c1-4-12(10(2)3)11-8-6-5-7-9-11;/h5-10,12H,4H2,1-3H3;1H4. The van der Waals surface area contributed by atoms with Gasteiger partial charge in [0.15, 0.2) is 0 Å². The van der Waals surface area contributed by atoms with Gasteiger partial charge in [-0.3, -0.25) is 0 Å². The average molecular weight is 178 g/mol. The molecule has 0 aliphatic heterocycles. The molecule has 0 N–H and O–H groups in total. The van der Waals surface area contributed by atoms with Crippen molar-refractivity contribution in [2.75, 3.05) is 0 Å². The van der Waals surface area contributed by atoms with Crippen molar-refractivity contribution < 1.29 is 0 Å². The molecule has 74 valence electrons. The largest absolute Gasteiger partial charge is 0.0776 e. The van der Waals surface area contributed by atoms with Gasteiger partial charge in [0, 0.05) is 0 Å². The van der Waals surface area contributed by atoms with Crippen LogP contribution in [0.5, 0.6) is 0 Å². The molecule has 0 aliphatic carbocycles. The van der Waals surface area contributed by atoms with Gasteiger partial charge in [0.05, 0.1) is 0 Å². The summed E-state index contributed by atoms with van der Waals surface area (Å²) in [7, 11) is 0. The monoisotopic (exact) mass is 178 g/mol. The SMILES string of the molecule is C.CCC(c1ccccc1)C(C)C. The Morgan fingerprint density at radius 3 is 2.00 bits per heavy atom. The van der Waals surface area contributed by atoms with E-state index in [1.165, 1.54) is 12.0 Å². The molecule has 0 aliphatic rings.